The van der Waals surface area contributed by atoms with Crippen molar-refractivity contribution < 1.29 is 13.2 Å². The third-order valence-electron chi connectivity index (χ3n) is 3.85. The molecule has 0 atom stereocenters. The van der Waals surface area contributed by atoms with E-state index in [1.807, 2.05) is 0 Å². The number of nitrogens with one attached hydrogen (secondary N) is 1. The second-order valence-corrected chi connectivity index (χ2v) is 8.92. The SMILES string of the molecule is CC1CCC(C(=O)Nc2ccc(S(=O)(=O)Cl)c(Br)c2)CC1. The van der Waals surface area contributed by atoms with Crippen molar-refractivity contribution in [2.75, 3.05) is 5.32 Å². The highest BCUT2D eigenvalue weighted by atomic mass is 79.9. The van der Waals surface area contributed by atoms with Crippen LogP contribution in [0.4, 0.5) is 5.69 Å². The maximum atomic E-state index is 12.2. The molecule has 0 aliphatic heterocycles. The molecule has 4 nitrogen and oxygen atoms in total. The molecule has 0 radical (unpaired) electrons. The maximum absolute atomic E-state index is 12.2. The third kappa shape index (κ3) is 4.44. The summed E-state index contributed by atoms with van der Waals surface area (Å²) in [6.07, 6.45) is 3.96. The van der Waals surface area contributed by atoms with Gasteiger partial charge >= 0.3 is 0 Å². The zero-order valence-electron chi connectivity index (χ0n) is 11.6. The molecule has 0 bridgehead atoms. The molecule has 1 aromatic rings. The summed E-state index contributed by atoms with van der Waals surface area (Å²) in [7, 11) is 1.52. The molecule has 1 N–H and O–H groups in total. The van der Waals surface area contributed by atoms with Crippen LogP contribution in [-0.4, -0.2) is 14.3 Å². The summed E-state index contributed by atoms with van der Waals surface area (Å²) in [5.41, 5.74) is 0.564. The van der Waals surface area contributed by atoms with E-state index < -0.39 is 9.05 Å². The number of halogens is 2. The molecule has 1 amide bonds. The fourth-order valence-electron chi connectivity index (χ4n) is 2.54. The van der Waals surface area contributed by atoms with Crippen molar-refractivity contribution in [3.05, 3.63) is 22.7 Å². The van der Waals surface area contributed by atoms with Gasteiger partial charge in [-0.3, -0.25) is 4.79 Å². The second kappa shape index (κ2) is 6.67. The molecule has 21 heavy (non-hydrogen) atoms. The molecule has 0 spiro atoms. The van der Waals surface area contributed by atoms with Crippen LogP contribution in [0.25, 0.3) is 0 Å². The molecular weight excluding hydrogens is 378 g/mol. The lowest BCUT2D eigenvalue weighted by molar-refractivity contribution is -0.121. The van der Waals surface area contributed by atoms with Gasteiger partial charge in [0.25, 0.3) is 9.05 Å². The van der Waals surface area contributed by atoms with Gasteiger partial charge in [-0.15, -0.1) is 0 Å². The number of carbonyl (C=O) groups excluding carboxylic acids is 1. The van der Waals surface area contributed by atoms with Gasteiger partial charge in [-0.05, 0) is 65.7 Å². The quantitative estimate of drug-likeness (QED) is 0.784. The summed E-state index contributed by atoms with van der Waals surface area (Å²) >= 11 is 3.16. The molecule has 0 unspecified atom stereocenters. The number of rotatable bonds is 3. The van der Waals surface area contributed by atoms with Crippen LogP contribution in [0, 0.1) is 11.8 Å². The van der Waals surface area contributed by atoms with E-state index >= 15 is 0 Å². The third-order valence-corrected chi connectivity index (χ3v) is 6.15. The maximum Gasteiger partial charge on any atom is 0.262 e. The Morgan fingerprint density at radius 3 is 2.43 bits per heavy atom. The molecular formula is C14H17BrClNO3S. The number of hydrogen-bond acceptors (Lipinski definition) is 3. The summed E-state index contributed by atoms with van der Waals surface area (Å²) in [6, 6.07) is 4.48. The minimum Gasteiger partial charge on any atom is -0.326 e. The predicted octanol–water partition coefficient (Wildman–Crippen LogP) is 4.14. The van der Waals surface area contributed by atoms with Crippen LogP contribution in [0.3, 0.4) is 0 Å². The minimum absolute atomic E-state index is 0.00437. The number of hydrogen-bond donors (Lipinski definition) is 1. The van der Waals surface area contributed by atoms with E-state index in [1.54, 1.807) is 12.1 Å². The Morgan fingerprint density at radius 1 is 1.29 bits per heavy atom. The molecule has 7 heteroatoms. The zero-order chi connectivity index (χ0) is 15.6. The topological polar surface area (TPSA) is 63.2 Å². The van der Waals surface area contributed by atoms with Crippen LogP contribution < -0.4 is 5.32 Å². The first-order chi connectivity index (χ1) is 9.77. The number of amides is 1. The molecule has 0 aromatic heterocycles. The van der Waals surface area contributed by atoms with Gasteiger partial charge in [-0.1, -0.05) is 6.92 Å². The monoisotopic (exact) mass is 393 g/mol. The van der Waals surface area contributed by atoms with Crippen LogP contribution in [0.1, 0.15) is 32.6 Å². The van der Waals surface area contributed by atoms with Crippen molar-refractivity contribution >= 4 is 47.3 Å². The lowest BCUT2D eigenvalue weighted by atomic mass is 9.82. The highest BCUT2D eigenvalue weighted by Crippen LogP contribution is 2.31. The Labute approximate surface area is 137 Å². The number of anilines is 1. The van der Waals surface area contributed by atoms with Gasteiger partial charge in [0, 0.05) is 26.8 Å². The Morgan fingerprint density at radius 2 is 1.90 bits per heavy atom. The van der Waals surface area contributed by atoms with Gasteiger partial charge < -0.3 is 5.32 Å². The first-order valence-electron chi connectivity index (χ1n) is 6.82. The van der Waals surface area contributed by atoms with Crippen LogP contribution in [-0.2, 0) is 13.8 Å². The summed E-state index contributed by atoms with van der Waals surface area (Å²) in [6.45, 7) is 2.20. The van der Waals surface area contributed by atoms with Crippen molar-refractivity contribution in [1.29, 1.82) is 0 Å². The molecule has 1 aromatic carbocycles. The normalized spacial score (nSPS) is 22.8. The van der Waals surface area contributed by atoms with E-state index in [1.165, 1.54) is 6.07 Å². The van der Waals surface area contributed by atoms with E-state index in [0.29, 0.717) is 16.1 Å². The molecule has 0 heterocycles. The standard InChI is InChI=1S/C14H17BrClNO3S/c1-9-2-4-10(5-3-9)14(18)17-11-6-7-13(12(15)8-11)21(16,19)20/h6-10H,2-5H2,1H3,(H,17,18). The van der Waals surface area contributed by atoms with Crippen molar-refractivity contribution in [2.45, 2.75) is 37.5 Å². The average Bonchev–Trinajstić information content (AvgIpc) is 2.37. The first kappa shape index (κ1) is 16.8. The van der Waals surface area contributed by atoms with Crippen molar-refractivity contribution in [3.63, 3.8) is 0 Å². The van der Waals surface area contributed by atoms with Crippen molar-refractivity contribution in [2.24, 2.45) is 11.8 Å². The summed E-state index contributed by atoms with van der Waals surface area (Å²) in [4.78, 5) is 12.2. The van der Waals surface area contributed by atoms with E-state index in [9.17, 15) is 13.2 Å². The molecule has 0 saturated heterocycles. The summed E-state index contributed by atoms with van der Waals surface area (Å²) in [5.74, 6) is 0.725. The van der Waals surface area contributed by atoms with Gasteiger partial charge in [0.2, 0.25) is 5.91 Å². The van der Waals surface area contributed by atoms with Gasteiger partial charge in [0.1, 0.15) is 0 Å². The Balaban J connectivity index is 2.07. The first-order valence-corrected chi connectivity index (χ1v) is 9.92. The van der Waals surface area contributed by atoms with Gasteiger partial charge in [-0.2, -0.15) is 0 Å². The second-order valence-electron chi connectivity index (χ2n) is 5.53. The Bertz CT molecular complexity index is 640. The average molecular weight is 395 g/mol. The smallest absolute Gasteiger partial charge is 0.262 e. The summed E-state index contributed by atoms with van der Waals surface area (Å²) < 4.78 is 23.0. The number of carbonyl (C=O) groups is 1. The van der Waals surface area contributed by atoms with Crippen molar-refractivity contribution in [3.8, 4) is 0 Å². The Kier molecular flexibility index (Phi) is 5.33. The molecule has 1 saturated carbocycles. The zero-order valence-corrected chi connectivity index (χ0v) is 14.8. The van der Waals surface area contributed by atoms with Crippen LogP contribution in [0.2, 0.25) is 0 Å². The minimum atomic E-state index is -3.79. The molecule has 1 fully saturated rings. The fourth-order valence-corrected chi connectivity index (χ4v) is 4.77. The summed E-state index contributed by atoms with van der Waals surface area (Å²) in [5, 5.41) is 2.84. The van der Waals surface area contributed by atoms with E-state index in [2.05, 4.69) is 28.2 Å². The number of benzene rings is 1. The van der Waals surface area contributed by atoms with Crippen LogP contribution >= 0.6 is 26.6 Å². The van der Waals surface area contributed by atoms with E-state index in [-0.39, 0.29) is 16.7 Å². The molecule has 116 valence electrons. The Hall–Kier alpha value is -0.590. The highest BCUT2D eigenvalue weighted by Gasteiger charge is 2.24. The van der Waals surface area contributed by atoms with Gasteiger partial charge in [0.15, 0.2) is 0 Å². The molecule has 1 aliphatic carbocycles. The van der Waals surface area contributed by atoms with Gasteiger partial charge in [-0.25, -0.2) is 8.42 Å². The highest BCUT2D eigenvalue weighted by molar-refractivity contribution is 9.10. The van der Waals surface area contributed by atoms with Gasteiger partial charge in [0.05, 0.1) is 4.90 Å². The fraction of sp³-hybridized carbons (Fsp3) is 0.500. The van der Waals surface area contributed by atoms with Crippen LogP contribution in [0.15, 0.2) is 27.6 Å². The lowest BCUT2D eigenvalue weighted by Gasteiger charge is -2.25. The van der Waals surface area contributed by atoms with E-state index in [4.69, 9.17) is 10.7 Å². The molecule has 2 rings (SSSR count). The van der Waals surface area contributed by atoms with Crippen LogP contribution in [0.5, 0.6) is 0 Å². The lowest BCUT2D eigenvalue weighted by Crippen LogP contribution is -2.26. The predicted molar refractivity (Wildman–Crippen MR) is 86.9 cm³/mol. The largest absolute Gasteiger partial charge is 0.326 e. The van der Waals surface area contributed by atoms with E-state index in [0.717, 1.165) is 25.7 Å². The van der Waals surface area contributed by atoms with Crippen molar-refractivity contribution in [1.82, 2.24) is 0 Å². The molecule has 1 aliphatic rings.